The Kier molecular flexibility index (Phi) is 10.1. The van der Waals surface area contributed by atoms with Crippen molar-refractivity contribution in [3.05, 3.63) is 47.4 Å². The number of ether oxygens (including phenoxy) is 1. The first-order valence-corrected chi connectivity index (χ1v) is 13.5. The Morgan fingerprint density at radius 3 is 2.55 bits per heavy atom. The molecule has 9 heteroatoms. The highest BCUT2D eigenvalue weighted by Gasteiger charge is 2.25. The molecule has 2 heterocycles. The molecule has 38 heavy (non-hydrogen) atoms. The molecule has 2 aromatic rings. The van der Waals surface area contributed by atoms with Crippen molar-refractivity contribution in [1.29, 1.82) is 5.26 Å². The summed E-state index contributed by atoms with van der Waals surface area (Å²) < 4.78 is 5.50. The Morgan fingerprint density at radius 1 is 1.16 bits per heavy atom. The van der Waals surface area contributed by atoms with Gasteiger partial charge in [-0.1, -0.05) is 32.9 Å². The number of nitriles is 1. The number of benzene rings is 1. The number of piperazine rings is 1. The number of carbonyl (C=O) groups is 1. The zero-order valence-electron chi connectivity index (χ0n) is 23.8. The van der Waals surface area contributed by atoms with E-state index in [1.807, 2.05) is 26.8 Å². The molecule has 0 radical (unpaired) electrons. The van der Waals surface area contributed by atoms with Crippen molar-refractivity contribution in [3.8, 4) is 6.07 Å². The van der Waals surface area contributed by atoms with E-state index in [-0.39, 0.29) is 17.1 Å². The number of hydrogen-bond donors (Lipinski definition) is 2. The minimum Gasteiger partial charge on any atom is -0.380 e. The molecule has 0 aliphatic carbocycles. The fourth-order valence-corrected chi connectivity index (χ4v) is 4.45. The first kappa shape index (κ1) is 29.3. The molecule has 1 aliphatic rings. The minimum atomic E-state index is -0.511. The number of carbonyl (C=O) groups excluding carboxylic acids is 1. The van der Waals surface area contributed by atoms with Crippen molar-refractivity contribution < 1.29 is 9.53 Å². The highest BCUT2D eigenvalue weighted by atomic mass is 16.5. The summed E-state index contributed by atoms with van der Waals surface area (Å²) >= 11 is 0. The summed E-state index contributed by atoms with van der Waals surface area (Å²) in [5.74, 6) is 0.140. The normalized spacial score (nSPS) is 14.7. The highest BCUT2D eigenvalue weighted by Crippen LogP contribution is 2.23. The van der Waals surface area contributed by atoms with Gasteiger partial charge in [-0.25, -0.2) is 9.97 Å². The lowest BCUT2D eigenvalue weighted by atomic mass is 9.94. The molecule has 0 unspecified atom stereocenters. The summed E-state index contributed by atoms with van der Waals surface area (Å²) in [7, 11) is 0. The Morgan fingerprint density at radius 2 is 1.89 bits per heavy atom. The maximum Gasteiger partial charge on any atom is 0.257 e. The zero-order chi connectivity index (χ0) is 27.8. The van der Waals surface area contributed by atoms with Gasteiger partial charge in [-0.15, -0.1) is 0 Å². The number of anilines is 2. The summed E-state index contributed by atoms with van der Waals surface area (Å²) in [6, 6.07) is 10.5. The van der Waals surface area contributed by atoms with E-state index in [1.54, 1.807) is 0 Å². The van der Waals surface area contributed by atoms with Crippen molar-refractivity contribution in [2.24, 2.45) is 5.41 Å². The van der Waals surface area contributed by atoms with Crippen LogP contribution in [0.25, 0.3) is 0 Å². The molecule has 9 nitrogen and oxygen atoms in total. The second-order valence-electron chi connectivity index (χ2n) is 11.7. The average molecular weight is 522 g/mol. The van der Waals surface area contributed by atoms with Crippen LogP contribution in [0.1, 0.15) is 63.3 Å². The first-order chi connectivity index (χ1) is 18.0. The van der Waals surface area contributed by atoms with Crippen molar-refractivity contribution in [2.45, 2.75) is 53.5 Å². The van der Waals surface area contributed by atoms with Gasteiger partial charge in [-0.05, 0) is 50.3 Å². The van der Waals surface area contributed by atoms with Crippen LogP contribution in [-0.2, 0) is 11.2 Å². The molecule has 0 bridgehead atoms. The van der Waals surface area contributed by atoms with Crippen LogP contribution in [0.4, 0.5) is 11.5 Å². The SMILES string of the molecule is CCOCCN1CCN(c2cccc(CC(C)(C)NC(=O)c3cnc(C#N)nc3NCC(C)(C)C)c2)CC1. The molecule has 0 saturated carbocycles. The predicted molar refractivity (Wildman–Crippen MR) is 152 cm³/mol. The Balaban J connectivity index is 1.64. The lowest BCUT2D eigenvalue weighted by Crippen LogP contribution is -2.47. The highest BCUT2D eigenvalue weighted by molar-refractivity contribution is 5.98. The summed E-state index contributed by atoms with van der Waals surface area (Å²) in [5, 5.41) is 15.6. The van der Waals surface area contributed by atoms with E-state index in [0.29, 0.717) is 24.3 Å². The standard InChI is InChI=1S/C29H43N7O2/c1-7-38-16-15-35-11-13-36(14-12-35)23-10-8-9-22(17-23)18-29(5,6)34-27(37)24-20-31-25(19-30)33-26(24)32-21-28(2,3)4/h8-10,17,20H,7,11-16,18,21H2,1-6H3,(H,34,37)(H,31,32,33). The van der Waals surface area contributed by atoms with Crippen molar-refractivity contribution >= 4 is 17.4 Å². The lowest BCUT2D eigenvalue weighted by molar-refractivity contribution is 0.0913. The Labute approximate surface area is 227 Å². The van der Waals surface area contributed by atoms with Gasteiger partial charge in [-0.3, -0.25) is 9.69 Å². The quantitative estimate of drug-likeness (QED) is 0.431. The summed E-state index contributed by atoms with van der Waals surface area (Å²) in [6.07, 6.45) is 2.10. The largest absolute Gasteiger partial charge is 0.380 e. The second-order valence-corrected chi connectivity index (χ2v) is 11.7. The molecule has 1 aliphatic heterocycles. The molecular formula is C29H43N7O2. The number of aromatic nitrogens is 2. The summed E-state index contributed by atoms with van der Waals surface area (Å²) in [4.78, 5) is 26.5. The predicted octanol–water partition coefficient (Wildman–Crippen LogP) is 3.72. The Bertz CT molecular complexity index is 1110. The number of nitrogens with zero attached hydrogens (tertiary/aromatic N) is 5. The third kappa shape index (κ3) is 8.96. The molecule has 1 fully saturated rings. The smallest absolute Gasteiger partial charge is 0.257 e. The van der Waals surface area contributed by atoms with Crippen LogP contribution < -0.4 is 15.5 Å². The zero-order valence-corrected chi connectivity index (χ0v) is 23.8. The molecule has 1 amide bonds. The van der Waals surface area contributed by atoms with Gasteiger partial charge in [0.05, 0.1) is 6.61 Å². The molecule has 0 atom stereocenters. The maximum absolute atomic E-state index is 13.3. The molecule has 1 aromatic heterocycles. The molecule has 0 spiro atoms. The monoisotopic (exact) mass is 521 g/mol. The topological polar surface area (TPSA) is 106 Å². The van der Waals surface area contributed by atoms with Crippen LogP contribution in [0.2, 0.25) is 0 Å². The summed E-state index contributed by atoms with van der Waals surface area (Å²) in [6.45, 7) is 19.5. The third-order valence-electron chi connectivity index (χ3n) is 6.42. The second kappa shape index (κ2) is 13.0. The van der Waals surface area contributed by atoms with E-state index in [9.17, 15) is 10.1 Å². The van der Waals surface area contributed by atoms with Gasteiger partial charge in [0, 0.05) is 63.3 Å². The third-order valence-corrected chi connectivity index (χ3v) is 6.42. The number of rotatable bonds is 11. The van der Waals surface area contributed by atoms with Crippen LogP contribution in [0.15, 0.2) is 30.5 Å². The molecule has 206 valence electrons. The van der Waals surface area contributed by atoms with Gasteiger partial charge in [0.15, 0.2) is 0 Å². The number of nitrogens with one attached hydrogen (secondary N) is 2. The van der Waals surface area contributed by atoms with E-state index in [2.05, 4.69) is 75.4 Å². The Hall–Kier alpha value is -3.22. The van der Waals surface area contributed by atoms with Crippen LogP contribution in [0, 0.1) is 16.7 Å². The van der Waals surface area contributed by atoms with Crippen LogP contribution in [-0.4, -0.2) is 78.8 Å². The van der Waals surface area contributed by atoms with Gasteiger partial charge >= 0.3 is 0 Å². The molecule has 2 N–H and O–H groups in total. The van der Waals surface area contributed by atoms with Crippen LogP contribution >= 0.6 is 0 Å². The van der Waals surface area contributed by atoms with E-state index in [1.165, 1.54) is 11.9 Å². The molecule has 3 rings (SSSR count). The molecule has 1 aromatic carbocycles. The lowest BCUT2D eigenvalue weighted by Gasteiger charge is -2.36. The minimum absolute atomic E-state index is 0.0219. The van der Waals surface area contributed by atoms with Crippen LogP contribution in [0.3, 0.4) is 0 Å². The van der Waals surface area contributed by atoms with Gasteiger partial charge in [0.1, 0.15) is 17.5 Å². The number of hydrogen-bond acceptors (Lipinski definition) is 8. The molecular weight excluding hydrogens is 478 g/mol. The van der Waals surface area contributed by atoms with Gasteiger partial charge < -0.3 is 20.3 Å². The number of amides is 1. The summed E-state index contributed by atoms with van der Waals surface area (Å²) in [5.41, 5.74) is 2.17. The van der Waals surface area contributed by atoms with Gasteiger partial charge in [0.25, 0.3) is 5.91 Å². The average Bonchev–Trinajstić information content (AvgIpc) is 2.87. The van der Waals surface area contributed by atoms with Gasteiger partial charge in [0.2, 0.25) is 5.82 Å². The van der Waals surface area contributed by atoms with E-state index in [4.69, 9.17) is 4.74 Å². The fourth-order valence-electron chi connectivity index (χ4n) is 4.45. The van der Waals surface area contributed by atoms with Crippen molar-refractivity contribution in [2.75, 3.05) is 62.7 Å². The fraction of sp³-hybridized carbons (Fsp3) is 0.586. The van der Waals surface area contributed by atoms with E-state index >= 15 is 0 Å². The van der Waals surface area contributed by atoms with Crippen molar-refractivity contribution in [1.82, 2.24) is 20.2 Å². The van der Waals surface area contributed by atoms with Gasteiger partial charge in [-0.2, -0.15) is 5.26 Å². The first-order valence-electron chi connectivity index (χ1n) is 13.5. The van der Waals surface area contributed by atoms with Crippen LogP contribution in [0.5, 0.6) is 0 Å². The van der Waals surface area contributed by atoms with E-state index < -0.39 is 5.54 Å². The van der Waals surface area contributed by atoms with Crippen molar-refractivity contribution in [3.63, 3.8) is 0 Å². The molecule has 1 saturated heterocycles. The maximum atomic E-state index is 13.3. The van der Waals surface area contributed by atoms with E-state index in [0.717, 1.165) is 51.5 Å².